The summed E-state index contributed by atoms with van der Waals surface area (Å²) in [5.41, 5.74) is 1.01. The summed E-state index contributed by atoms with van der Waals surface area (Å²) in [5, 5.41) is 2.20. The number of aryl methyl sites for hydroxylation is 1. The number of fused-ring (bicyclic) bond motifs is 3. The van der Waals surface area contributed by atoms with Gasteiger partial charge in [-0.15, -0.1) is 0 Å². The molecule has 0 unspecified atom stereocenters. The summed E-state index contributed by atoms with van der Waals surface area (Å²) in [5.74, 6) is -0.178. The van der Waals surface area contributed by atoms with Crippen LogP contribution in [0.2, 0.25) is 0 Å². The van der Waals surface area contributed by atoms with Crippen molar-refractivity contribution in [1.29, 1.82) is 0 Å². The Balaban J connectivity index is 1.59. The molecule has 4 rings (SSSR count). The van der Waals surface area contributed by atoms with Gasteiger partial charge in [-0.25, -0.2) is 8.42 Å². The van der Waals surface area contributed by atoms with Crippen LogP contribution in [-0.2, 0) is 21.7 Å². The molecule has 4 aromatic rings. The van der Waals surface area contributed by atoms with Crippen LogP contribution in [0.25, 0.3) is 21.0 Å². The van der Waals surface area contributed by atoms with E-state index in [0.29, 0.717) is 10.6 Å². The average Bonchev–Trinajstić information content (AvgIpc) is 3.08. The van der Waals surface area contributed by atoms with Gasteiger partial charge >= 0.3 is 0 Å². The van der Waals surface area contributed by atoms with Gasteiger partial charge in [0.1, 0.15) is 5.75 Å². The Bertz CT molecular complexity index is 1420. The number of nitrogens with zero attached hydrogens (tertiary/aromatic N) is 2. The summed E-state index contributed by atoms with van der Waals surface area (Å²) < 4.78 is 33.0. The fraction of sp³-hybridized carbons (Fsp3) is 0.182. The van der Waals surface area contributed by atoms with E-state index < -0.39 is 15.7 Å². The number of aromatic nitrogens is 1. The van der Waals surface area contributed by atoms with Gasteiger partial charge in [-0.3, -0.25) is 4.79 Å². The third kappa shape index (κ3) is 3.88. The lowest BCUT2D eigenvalue weighted by molar-refractivity contribution is -0.117. The van der Waals surface area contributed by atoms with Crippen LogP contribution in [0.4, 0.5) is 0 Å². The van der Waals surface area contributed by atoms with Crippen LogP contribution in [0, 0.1) is 0 Å². The van der Waals surface area contributed by atoms with E-state index in [-0.39, 0.29) is 17.1 Å². The van der Waals surface area contributed by atoms with Crippen LogP contribution < -0.4 is 9.54 Å². The number of rotatable bonds is 5. The van der Waals surface area contributed by atoms with Gasteiger partial charge in [-0.1, -0.05) is 41.7 Å². The number of benzene rings is 3. The van der Waals surface area contributed by atoms with Crippen LogP contribution in [0.5, 0.6) is 5.75 Å². The highest BCUT2D eigenvalue weighted by Crippen LogP contribution is 2.26. The lowest BCUT2D eigenvalue weighted by Gasteiger charge is -2.04. The summed E-state index contributed by atoms with van der Waals surface area (Å²) >= 11 is 1.41. The maximum atomic E-state index is 12.5. The van der Waals surface area contributed by atoms with Gasteiger partial charge in [0, 0.05) is 18.9 Å². The second kappa shape index (κ2) is 8.04. The molecule has 0 radical (unpaired) electrons. The third-order valence-electron chi connectivity index (χ3n) is 4.91. The molecule has 0 aliphatic rings. The molecule has 0 aliphatic carbocycles. The first-order valence-electron chi connectivity index (χ1n) is 9.31. The molecule has 6 nitrogen and oxygen atoms in total. The largest absolute Gasteiger partial charge is 0.497 e. The minimum atomic E-state index is -3.58. The molecular formula is C22H20N2O4S2. The zero-order chi connectivity index (χ0) is 21.3. The molecule has 30 heavy (non-hydrogen) atoms. The molecule has 0 aliphatic heterocycles. The fourth-order valence-electron chi connectivity index (χ4n) is 3.31. The van der Waals surface area contributed by atoms with E-state index in [2.05, 4.69) is 4.99 Å². The summed E-state index contributed by atoms with van der Waals surface area (Å²) in [7, 11) is -0.195. The number of hydrogen-bond donors (Lipinski definition) is 0. The van der Waals surface area contributed by atoms with Gasteiger partial charge in [-0.2, -0.15) is 4.99 Å². The van der Waals surface area contributed by atoms with E-state index in [9.17, 15) is 13.2 Å². The summed E-state index contributed by atoms with van der Waals surface area (Å²) in [6.45, 7) is 0. The maximum Gasteiger partial charge on any atom is 0.249 e. The highest BCUT2D eigenvalue weighted by molar-refractivity contribution is 7.91. The van der Waals surface area contributed by atoms with Gasteiger partial charge in [0.25, 0.3) is 0 Å². The van der Waals surface area contributed by atoms with Crippen molar-refractivity contribution in [2.24, 2.45) is 12.0 Å². The van der Waals surface area contributed by atoms with Crippen molar-refractivity contribution in [2.75, 3.05) is 12.9 Å². The summed E-state index contributed by atoms with van der Waals surface area (Å²) in [4.78, 5) is 17.3. The quantitative estimate of drug-likeness (QED) is 0.474. The first-order chi connectivity index (χ1) is 14.4. The monoisotopic (exact) mass is 440 g/mol. The molecule has 3 aromatic carbocycles. The number of ether oxygens (including phenoxy) is 1. The van der Waals surface area contributed by atoms with Gasteiger partial charge in [0.2, 0.25) is 5.91 Å². The number of sulfone groups is 1. The van der Waals surface area contributed by atoms with E-state index in [4.69, 9.17) is 4.74 Å². The zero-order valence-corrected chi connectivity index (χ0v) is 18.2. The molecule has 0 N–H and O–H groups in total. The van der Waals surface area contributed by atoms with E-state index in [1.807, 2.05) is 48.0 Å². The van der Waals surface area contributed by atoms with Crippen molar-refractivity contribution in [3.63, 3.8) is 0 Å². The maximum absolute atomic E-state index is 12.5. The Morgan fingerprint density at radius 2 is 1.80 bits per heavy atom. The number of hydrogen-bond acceptors (Lipinski definition) is 5. The van der Waals surface area contributed by atoms with Crippen molar-refractivity contribution >= 4 is 48.1 Å². The normalized spacial score (nSPS) is 12.5. The lowest BCUT2D eigenvalue weighted by atomic mass is 10.1. The number of amides is 1. The van der Waals surface area contributed by atoms with Gasteiger partial charge < -0.3 is 9.30 Å². The van der Waals surface area contributed by atoms with Crippen LogP contribution >= 0.6 is 11.3 Å². The van der Waals surface area contributed by atoms with Crippen LogP contribution in [-0.4, -0.2) is 31.8 Å². The SMILES string of the molecule is COc1ccc(S(=O)(=O)CCC(=O)N=c2sc3ccc4ccccc4c3n2C)cc1. The van der Waals surface area contributed by atoms with E-state index in [1.54, 1.807) is 12.1 Å². The molecule has 1 heterocycles. The second-order valence-corrected chi connectivity index (χ2v) is 9.95. The Labute approximate surface area is 178 Å². The van der Waals surface area contributed by atoms with Crippen LogP contribution in [0.3, 0.4) is 0 Å². The number of methoxy groups -OCH3 is 1. The third-order valence-corrected chi connectivity index (χ3v) is 7.74. The Morgan fingerprint density at radius 3 is 2.53 bits per heavy atom. The molecule has 0 atom stereocenters. The molecule has 154 valence electrons. The molecule has 0 bridgehead atoms. The van der Waals surface area contributed by atoms with Crippen molar-refractivity contribution in [2.45, 2.75) is 11.3 Å². The highest BCUT2D eigenvalue weighted by Gasteiger charge is 2.17. The number of carbonyl (C=O) groups excluding carboxylic acids is 1. The predicted molar refractivity (Wildman–Crippen MR) is 119 cm³/mol. The number of carbonyl (C=O) groups is 1. The Hall–Kier alpha value is -2.97. The van der Waals surface area contributed by atoms with Crippen LogP contribution in [0.15, 0.2) is 70.6 Å². The molecule has 0 fully saturated rings. The van der Waals surface area contributed by atoms with Crippen molar-refractivity contribution in [3.8, 4) is 5.75 Å². The predicted octanol–water partition coefficient (Wildman–Crippen LogP) is 3.69. The zero-order valence-electron chi connectivity index (χ0n) is 16.5. The molecule has 0 saturated heterocycles. The lowest BCUT2D eigenvalue weighted by Crippen LogP contribution is -2.16. The van der Waals surface area contributed by atoms with E-state index >= 15 is 0 Å². The van der Waals surface area contributed by atoms with Gasteiger partial charge in [0.15, 0.2) is 14.6 Å². The molecule has 8 heteroatoms. The highest BCUT2D eigenvalue weighted by atomic mass is 32.2. The first-order valence-corrected chi connectivity index (χ1v) is 11.8. The van der Waals surface area contributed by atoms with Crippen molar-refractivity contribution in [3.05, 3.63) is 65.5 Å². The van der Waals surface area contributed by atoms with E-state index in [1.165, 1.54) is 30.6 Å². The fourth-order valence-corrected chi connectivity index (χ4v) is 5.59. The average molecular weight is 441 g/mol. The topological polar surface area (TPSA) is 77.7 Å². The van der Waals surface area contributed by atoms with Gasteiger partial charge in [-0.05, 0) is 35.7 Å². The smallest absolute Gasteiger partial charge is 0.249 e. The molecule has 0 spiro atoms. The standard InChI is InChI=1S/C22H20N2O4S2/c1-24-21-18-6-4-3-5-15(18)7-12-19(21)29-22(24)23-20(25)13-14-30(26,27)17-10-8-16(28-2)9-11-17/h3-12H,13-14H2,1-2H3. The van der Waals surface area contributed by atoms with Crippen molar-refractivity contribution < 1.29 is 17.9 Å². The number of thiazole rings is 1. The first kappa shape index (κ1) is 20.3. The molecular weight excluding hydrogens is 420 g/mol. The molecule has 1 aromatic heterocycles. The minimum Gasteiger partial charge on any atom is -0.497 e. The van der Waals surface area contributed by atoms with Gasteiger partial charge in [0.05, 0.1) is 28.0 Å². The second-order valence-electron chi connectivity index (χ2n) is 6.83. The Kier molecular flexibility index (Phi) is 5.44. The summed E-state index contributed by atoms with van der Waals surface area (Å²) in [6.07, 6.45) is -0.177. The molecule has 1 amide bonds. The minimum absolute atomic E-state index is 0.162. The molecule has 0 saturated carbocycles. The summed E-state index contributed by atoms with van der Waals surface area (Å²) in [6, 6.07) is 18.2. The Morgan fingerprint density at radius 1 is 1.07 bits per heavy atom. The van der Waals surface area contributed by atoms with E-state index in [0.717, 1.165) is 21.0 Å². The van der Waals surface area contributed by atoms with Crippen molar-refractivity contribution in [1.82, 2.24) is 4.57 Å². The van der Waals surface area contributed by atoms with Crippen LogP contribution in [0.1, 0.15) is 6.42 Å².